The molecule has 0 aliphatic carbocycles. The fraction of sp³-hybridized carbons (Fsp3) is 0.240. The number of pyridine rings is 1. The predicted molar refractivity (Wildman–Crippen MR) is 135 cm³/mol. The third-order valence-corrected chi connectivity index (χ3v) is 5.61. The zero-order valence-corrected chi connectivity index (χ0v) is 20.7. The van der Waals surface area contributed by atoms with E-state index in [0.29, 0.717) is 33.8 Å². The number of nitrogens with zero attached hydrogens (tertiary/aromatic N) is 6. The lowest BCUT2D eigenvalue weighted by Gasteiger charge is -2.22. The SMILES string of the molecule is CNC(=O)c1ncc(Nc2cc(-c3ccc4cc(C#N)cnn34)ncc2C(=O)NC[C@@H](F)C(C)(C)O)cn1. The van der Waals surface area contributed by atoms with E-state index in [1.54, 1.807) is 28.8 Å². The topological polar surface area (TPSA) is 170 Å². The molecule has 13 heteroatoms. The normalized spacial score (nSPS) is 12.0. The highest BCUT2D eigenvalue weighted by atomic mass is 19.1. The second-order valence-electron chi connectivity index (χ2n) is 8.86. The molecule has 0 radical (unpaired) electrons. The first-order valence-corrected chi connectivity index (χ1v) is 11.4. The maximum Gasteiger partial charge on any atom is 0.288 e. The van der Waals surface area contributed by atoms with Crippen molar-refractivity contribution in [1.29, 1.82) is 5.26 Å². The summed E-state index contributed by atoms with van der Waals surface area (Å²) in [6.07, 6.45) is 3.81. The Morgan fingerprint density at radius 2 is 1.87 bits per heavy atom. The summed E-state index contributed by atoms with van der Waals surface area (Å²) in [6, 6.07) is 8.88. The molecule has 194 valence electrons. The first kappa shape index (κ1) is 26.1. The Bertz CT molecular complexity index is 1540. The number of nitriles is 1. The summed E-state index contributed by atoms with van der Waals surface area (Å²) in [7, 11) is 1.46. The number of halogens is 1. The van der Waals surface area contributed by atoms with Gasteiger partial charge >= 0.3 is 0 Å². The van der Waals surface area contributed by atoms with Gasteiger partial charge in [0.05, 0.1) is 70.1 Å². The van der Waals surface area contributed by atoms with Crippen molar-refractivity contribution in [1.82, 2.24) is 35.2 Å². The van der Waals surface area contributed by atoms with Crippen LogP contribution in [0.1, 0.15) is 40.4 Å². The maximum absolute atomic E-state index is 14.2. The molecule has 4 rings (SSSR count). The molecule has 1 atom stereocenters. The lowest BCUT2D eigenvalue weighted by molar-refractivity contribution is -0.00177. The van der Waals surface area contributed by atoms with Crippen LogP contribution in [0.3, 0.4) is 0 Å². The molecule has 4 aromatic heterocycles. The molecular weight excluding hydrogens is 493 g/mol. The van der Waals surface area contributed by atoms with Crippen LogP contribution in [0.25, 0.3) is 16.9 Å². The second-order valence-corrected chi connectivity index (χ2v) is 8.86. The maximum atomic E-state index is 14.2. The Labute approximate surface area is 216 Å². The van der Waals surface area contributed by atoms with Crippen molar-refractivity contribution < 1.29 is 19.1 Å². The summed E-state index contributed by atoms with van der Waals surface area (Å²) in [5, 5.41) is 31.2. The Balaban J connectivity index is 1.70. The van der Waals surface area contributed by atoms with Gasteiger partial charge in [0.15, 0.2) is 0 Å². The number of aromatic nitrogens is 5. The van der Waals surface area contributed by atoms with E-state index in [9.17, 15) is 19.1 Å². The number of nitrogens with one attached hydrogen (secondary N) is 3. The van der Waals surface area contributed by atoms with Gasteiger partial charge in [-0.2, -0.15) is 10.4 Å². The van der Waals surface area contributed by atoms with Crippen LogP contribution in [0.4, 0.5) is 15.8 Å². The first-order chi connectivity index (χ1) is 18.1. The monoisotopic (exact) mass is 517 g/mol. The molecule has 0 fully saturated rings. The number of rotatable bonds is 8. The summed E-state index contributed by atoms with van der Waals surface area (Å²) in [4.78, 5) is 37.2. The minimum atomic E-state index is -1.70. The number of hydrogen-bond acceptors (Lipinski definition) is 9. The number of fused-ring (bicyclic) bond motifs is 1. The van der Waals surface area contributed by atoms with Crippen LogP contribution in [0.5, 0.6) is 0 Å². The highest BCUT2D eigenvalue weighted by molar-refractivity contribution is 6.00. The van der Waals surface area contributed by atoms with Gasteiger partial charge in [0.1, 0.15) is 12.2 Å². The molecule has 0 saturated heterocycles. The van der Waals surface area contributed by atoms with Crippen molar-refractivity contribution in [3.63, 3.8) is 0 Å². The minimum absolute atomic E-state index is 0.0329. The minimum Gasteiger partial charge on any atom is -0.387 e. The highest BCUT2D eigenvalue weighted by Gasteiger charge is 2.27. The Morgan fingerprint density at radius 3 is 2.53 bits per heavy atom. The Morgan fingerprint density at radius 1 is 1.13 bits per heavy atom. The largest absolute Gasteiger partial charge is 0.387 e. The van der Waals surface area contributed by atoms with Crippen LogP contribution in [0.15, 0.2) is 49.1 Å². The molecule has 0 aliphatic heterocycles. The van der Waals surface area contributed by atoms with Crippen molar-refractivity contribution in [2.24, 2.45) is 0 Å². The van der Waals surface area contributed by atoms with Gasteiger partial charge in [-0.25, -0.2) is 18.9 Å². The van der Waals surface area contributed by atoms with Gasteiger partial charge in [-0.05, 0) is 38.1 Å². The van der Waals surface area contributed by atoms with Crippen LogP contribution in [0, 0.1) is 11.3 Å². The van der Waals surface area contributed by atoms with Crippen molar-refractivity contribution in [3.8, 4) is 17.5 Å². The number of carbonyl (C=O) groups is 2. The van der Waals surface area contributed by atoms with Gasteiger partial charge < -0.3 is 21.1 Å². The van der Waals surface area contributed by atoms with E-state index in [4.69, 9.17) is 5.26 Å². The molecule has 0 aromatic carbocycles. The zero-order chi connectivity index (χ0) is 27.4. The van der Waals surface area contributed by atoms with Crippen LogP contribution in [-0.4, -0.2) is 66.9 Å². The van der Waals surface area contributed by atoms with E-state index in [1.165, 1.54) is 45.7 Å². The smallest absolute Gasteiger partial charge is 0.288 e. The summed E-state index contributed by atoms with van der Waals surface area (Å²) >= 11 is 0. The van der Waals surface area contributed by atoms with Gasteiger partial charge in [0, 0.05) is 13.2 Å². The molecule has 0 bridgehead atoms. The molecule has 0 aliphatic rings. The van der Waals surface area contributed by atoms with Gasteiger partial charge in [-0.15, -0.1) is 0 Å². The highest BCUT2D eigenvalue weighted by Crippen LogP contribution is 2.27. The van der Waals surface area contributed by atoms with Crippen molar-refractivity contribution in [3.05, 3.63) is 66.0 Å². The molecule has 38 heavy (non-hydrogen) atoms. The Kier molecular flexibility index (Phi) is 7.26. The number of hydrogen-bond donors (Lipinski definition) is 4. The number of amides is 2. The average molecular weight is 518 g/mol. The predicted octanol–water partition coefficient (Wildman–Crippen LogP) is 2.00. The van der Waals surface area contributed by atoms with Gasteiger partial charge in [-0.1, -0.05) is 0 Å². The van der Waals surface area contributed by atoms with Crippen LogP contribution >= 0.6 is 0 Å². The van der Waals surface area contributed by atoms with E-state index >= 15 is 0 Å². The lowest BCUT2D eigenvalue weighted by atomic mass is 10.0. The van der Waals surface area contributed by atoms with E-state index in [2.05, 4.69) is 36.0 Å². The van der Waals surface area contributed by atoms with Crippen LogP contribution < -0.4 is 16.0 Å². The van der Waals surface area contributed by atoms with E-state index in [-0.39, 0.29) is 11.4 Å². The van der Waals surface area contributed by atoms with Crippen molar-refractivity contribution >= 4 is 28.7 Å². The molecule has 0 unspecified atom stereocenters. The quantitative estimate of drug-likeness (QED) is 0.273. The van der Waals surface area contributed by atoms with Crippen LogP contribution in [-0.2, 0) is 0 Å². The van der Waals surface area contributed by atoms with Gasteiger partial charge in [0.2, 0.25) is 5.82 Å². The Hall–Kier alpha value is -4.96. The molecule has 12 nitrogen and oxygen atoms in total. The molecule has 0 saturated carbocycles. The number of alkyl halides is 1. The fourth-order valence-corrected chi connectivity index (χ4v) is 3.44. The molecule has 4 N–H and O–H groups in total. The standard InChI is InChI=1S/C25H24FN9O3/c1-25(2,38)21(26)13-32-23(36)17-12-29-19(20-5-4-16-6-14(8-27)9-33-35(16)20)7-18(17)34-15-10-30-22(31-11-15)24(37)28-3/h4-7,9-12,21,38H,13H2,1-3H3,(H,28,37)(H,29,34)(H,32,36)/t21-/m1/s1. The fourth-order valence-electron chi connectivity index (χ4n) is 3.44. The van der Waals surface area contributed by atoms with Gasteiger partial charge in [0.25, 0.3) is 11.8 Å². The van der Waals surface area contributed by atoms with E-state index < -0.39 is 30.1 Å². The van der Waals surface area contributed by atoms with Gasteiger partial charge in [-0.3, -0.25) is 14.6 Å². The van der Waals surface area contributed by atoms with E-state index in [1.807, 2.05) is 6.07 Å². The average Bonchev–Trinajstić information content (AvgIpc) is 3.34. The molecule has 4 aromatic rings. The first-order valence-electron chi connectivity index (χ1n) is 11.4. The van der Waals surface area contributed by atoms with Crippen LogP contribution in [0.2, 0.25) is 0 Å². The number of anilines is 2. The molecule has 0 spiro atoms. The summed E-state index contributed by atoms with van der Waals surface area (Å²) < 4.78 is 15.8. The molecule has 2 amide bonds. The van der Waals surface area contributed by atoms with E-state index in [0.717, 1.165) is 0 Å². The summed E-state index contributed by atoms with van der Waals surface area (Å²) in [6.45, 7) is 2.21. The second kappa shape index (κ2) is 10.6. The summed E-state index contributed by atoms with van der Waals surface area (Å²) in [5.41, 5.74) is 1.26. The zero-order valence-electron chi connectivity index (χ0n) is 20.7. The number of carbonyl (C=O) groups excluding carboxylic acids is 2. The molecular formula is C25H24FN9O3. The van der Waals surface area contributed by atoms with Crippen molar-refractivity contribution in [2.45, 2.75) is 25.6 Å². The third-order valence-electron chi connectivity index (χ3n) is 5.61. The third kappa shape index (κ3) is 5.55. The van der Waals surface area contributed by atoms with Crippen molar-refractivity contribution in [2.75, 3.05) is 18.9 Å². The summed E-state index contributed by atoms with van der Waals surface area (Å²) in [5.74, 6) is -1.12. The lowest BCUT2D eigenvalue weighted by Crippen LogP contribution is -2.42. The molecule has 4 heterocycles. The number of aliphatic hydroxyl groups is 1.